The number of guanidine groups is 1. The molecule has 0 aromatic carbocycles. The SMILES string of the molecule is CCNC(=NCCNC(C)(C)C)N1CCN(CC(=O)N2CCCCCC2)CC1. The molecule has 2 N–H and O–H groups in total. The Morgan fingerprint density at radius 1 is 0.929 bits per heavy atom. The summed E-state index contributed by atoms with van der Waals surface area (Å²) >= 11 is 0. The summed E-state index contributed by atoms with van der Waals surface area (Å²) < 4.78 is 0. The molecule has 7 nitrogen and oxygen atoms in total. The molecule has 7 heteroatoms. The van der Waals surface area contributed by atoms with Gasteiger partial charge in [0.05, 0.1) is 13.1 Å². The minimum atomic E-state index is 0.124. The molecule has 2 saturated heterocycles. The van der Waals surface area contributed by atoms with Gasteiger partial charge in [-0.2, -0.15) is 0 Å². The molecule has 162 valence electrons. The van der Waals surface area contributed by atoms with Crippen molar-refractivity contribution in [2.45, 2.75) is 58.9 Å². The summed E-state index contributed by atoms with van der Waals surface area (Å²) in [6, 6.07) is 0. The Hall–Kier alpha value is -1.34. The van der Waals surface area contributed by atoms with Gasteiger partial charge in [-0.25, -0.2) is 0 Å². The van der Waals surface area contributed by atoms with E-state index in [1.54, 1.807) is 0 Å². The number of carbonyl (C=O) groups is 1. The summed E-state index contributed by atoms with van der Waals surface area (Å²) in [5.41, 5.74) is 0.124. The molecule has 0 unspecified atom stereocenters. The van der Waals surface area contributed by atoms with E-state index in [1.807, 2.05) is 0 Å². The van der Waals surface area contributed by atoms with Crippen molar-refractivity contribution in [3.8, 4) is 0 Å². The van der Waals surface area contributed by atoms with Gasteiger partial charge in [-0.05, 0) is 40.5 Å². The van der Waals surface area contributed by atoms with Crippen LogP contribution < -0.4 is 10.6 Å². The standard InChI is InChI=1S/C21H42N6O/c1-5-22-20(23-10-11-24-21(2,3)4)27-16-14-25(15-17-27)18-19(28)26-12-8-6-7-9-13-26/h24H,5-18H2,1-4H3,(H,22,23). The molecule has 0 aromatic heterocycles. The number of rotatable bonds is 6. The third-order valence-electron chi connectivity index (χ3n) is 5.35. The van der Waals surface area contributed by atoms with Crippen LogP contribution in [0.25, 0.3) is 0 Å². The van der Waals surface area contributed by atoms with Gasteiger partial charge in [0.25, 0.3) is 0 Å². The van der Waals surface area contributed by atoms with Crippen LogP contribution in [0.1, 0.15) is 53.4 Å². The van der Waals surface area contributed by atoms with Gasteiger partial charge in [0.15, 0.2) is 5.96 Å². The molecule has 0 radical (unpaired) electrons. The highest BCUT2D eigenvalue weighted by Crippen LogP contribution is 2.11. The molecule has 0 atom stereocenters. The predicted octanol–water partition coefficient (Wildman–Crippen LogP) is 1.36. The number of amides is 1. The van der Waals surface area contributed by atoms with Gasteiger partial charge < -0.3 is 20.4 Å². The fourth-order valence-corrected chi connectivity index (χ4v) is 3.75. The second kappa shape index (κ2) is 11.6. The third-order valence-corrected chi connectivity index (χ3v) is 5.35. The summed E-state index contributed by atoms with van der Waals surface area (Å²) in [6.07, 6.45) is 4.85. The van der Waals surface area contributed by atoms with E-state index in [0.29, 0.717) is 12.5 Å². The second-order valence-corrected chi connectivity index (χ2v) is 8.97. The maximum absolute atomic E-state index is 12.6. The molecular formula is C21H42N6O. The Kier molecular flexibility index (Phi) is 9.51. The van der Waals surface area contributed by atoms with Crippen LogP contribution >= 0.6 is 0 Å². The summed E-state index contributed by atoms with van der Waals surface area (Å²) in [4.78, 5) is 24.1. The lowest BCUT2D eigenvalue weighted by atomic mass is 10.1. The quantitative estimate of drug-likeness (QED) is 0.405. The van der Waals surface area contributed by atoms with Crippen molar-refractivity contribution in [2.75, 3.05) is 65.4 Å². The van der Waals surface area contributed by atoms with Gasteiger partial charge in [-0.15, -0.1) is 0 Å². The topological polar surface area (TPSA) is 63.2 Å². The Morgan fingerprint density at radius 3 is 2.14 bits per heavy atom. The van der Waals surface area contributed by atoms with E-state index in [0.717, 1.165) is 77.7 Å². The Bertz CT molecular complexity index is 486. The average Bonchev–Trinajstić information content (AvgIpc) is 2.94. The maximum Gasteiger partial charge on any atom is 0.236 e. The van der Waals surface area contributed by atoms with Crippen LogP contribution in [0.2, 0.25) is 0 Å². The Balaban J connectivity index is 1.77. The van der Waals surface area contributed by atoms with Crippen LogP contribution in [0.5, 0.6) is 0 Å². The maximum atomic E-state index is 12.6. The van der Waals surface area contributed by atoms with Gasteiger partial charge in [-0.3, -0.25) is 14.7 Å². The molecule has 2 fully saturated rings. The fourth-order valence-electron chi connectivity index (χ4n) is 3.75. The van der Waals surface area contributed by atoms with Crippen LogP contribution in [-0.2, 0) is 4.79 Å². The largest absolute Gasteiger partial charge is 0.357 e. The number of nitrogens with one attached hydrogen (secondary N) is 2. The van der Waals surface area contributed by atoms with Crippen molar-refractivity contribution >= 4 is 11.9 Å². The molecule has 2 aliphatic rings. The lowest BCUT2D eigenvalue weighted by Crippen LogP contribution is -2.54. The summed E-state index contributed by atoms with van der Waals surface area (Å²) in [5.74, 6) is 1.31. The number of carbonyl (C=O) groups excluding carboxylic acids is 1. The highest BCUT2D eigenvalue weighted by Gasteiger charge is 2.23. The molecule has 0 aliphatic carbocycles. The number of aliphatic imine (C=N–C) groups is 1. The van der Waals surface area contributed by atoms with E-state index in [2.05, 4.69) is 53.0 Å². The van der Waals surface area contributed by atoms with Crippen molar-refractivity contribution in [1.82, 2.24) is 25.3 Å². The number of piperazine rings is 1. The van der Waals surface area contributed by atoms with Crippen molar-refractivity contribution in [3.63, 3.8) is 0 Å². The van der Waals surface area contributed by atoms with Crippen LogP contribution in [-0.4, -0.2) is 97.6 Å². The lowest BCUT2D eigenvalue weighted by molar-refractivity contribution is -0.132. The second-order valence-electron chi connectivity index (χ2n) is 8.97. The monoisotopic (exact) mass is 394 g/mol. The lowest BCUT2D eigenvalue weighted by Gasteiger charge is -2.37. The highest BCUT2D eigenvalue weighted by atomic mass is 16.2. The molecule has 1 amide bonds. The Labute approximate surface area is 171 Å². The van der Waals surface area contributed by atoms with Crippen LogP contribution in [0.4, 0.5) is 0 Å². The first-order valence-electron chi connectivity index (χ1n) is 11.2. The van der Waals surface area contributed by atoms with E-state index in [-0.39, 0.29) is 5.54 Å². The number of nitrogens with zero attached hydrogens (tertiary/aromatic N) is 4. The van der Waals surface area contributed by atoms with Crippen molar-refractivity contribution in [2.24, 2.45) is 4.99 Å². The molecule has 0 spiro atoms. The zero-order valence-electron chi connectivity index (χ0n) is 18.6. The first-order chi connectivity index (χ1) is 13.4. The fraction of sp³-hybridized carbons (Fsp3) is 0.905. The average molecular weight is 395 g/mol. The molecule has 0 bridgehead atoms. The van der Waals surface area contributed by atoms with Gasteiger partial charge in [0.2, 0.25) is 5.91 Å². The van der Waals surface area contributed by atoms with Gasteiger partial charge in [0.1, 0.15) is 0 Å². The molecule has 2 heterocycles. The molecule has 28 heavy (non-hydrogen) atoms. The summed E-state index contributed by atoms with van der Waals surface area (Å²) in [6.45, 7) is 17.3. The van der Waals surface area contributed by atoms with Gasteiger partial charge in [-0.1, -0.05) is 12.8 Å². The van der Waals surface area contributed by atoms with Gasteiger partial charge >= 0.3 is 0 Å². The van der Waals surface area contributed by atoms with E-state index in [4.69, 9.17) is 4.99 Å². The van der Waals surface area contributed by atoms with Crippen LogP contribution in [0, 0.1) is 0 Å². The number of hydrogen-bond donors (Lipinski definition) is 2. The summed E-state index contributed by atoms with van der Waals surface area (Å²) in [7, 11) is 0. The number of likely N-dealkylation sites (tertiary alicyclic amines) is 1. The third kappa shape index (κ3) is 8.35. The van der Waals surface area contributed by atoms with E-state index in [1.165, 1.54) is 12.8 Å². The highest BCUT2D eigenvalue weighted by molar-refractivity contribution is 5.80. The summed E-state index contributed by atoms with van der Waals surface area (Å²) in [5, 5.41) is 6.90. The molecule has 2 aliphatic heterocycles. The van der Waals surface area contributed by atoms with E-state index < -0.39 is 0 Å². The zero-order chi connectivity index (χ0) is 20.4. The predicted molar refractivity (Wildman–Crippen MR) is 117 cm³/mol. The molecule has 2 rings (SSSR count). The minimum Gasteiger partial charge on any atom is -0.357 e. The van der Waals surface area contributed by atoms with E-state index >= 15 is 0 Å². The number of hydrogen-bond acceptors (Lipinski definition) is 4. The smallest absolute Gasteiger partial charge is 0.236 e. The van der Waals surface area contributed by atoms with E-state index in [9.17, 15) is 4.79 Å². The van der Waals surface area contributed by atoms with Crippen LogP contribution in [0.15, 0.2) is 4.99 Å². The zero-order valence-corrected chi connectivity index (χ0v) is 18.6. The van der Waals surface area contributed by atoms with Crippen molar-refractivity contribution in [3.05, 3.63) is 0 Å². The molecular weight excluding hydrogens is 352 g/mol. The van der Waals surface area contributed by atoms with Gasteiger partial charge in [0, 0.05) is 57.9 Å². The first-order valence-corrected chi connectivity index (χ1v) is 11.2. The minimum absolute atomic E-state index is 0.124. The van der Waals surface area contributed by atoms with Crippen LogP contribution in [0.3, 0.4) is 0 Å². The van der Waals surface area contributed by atoms with Crippen molar-refractivity contribution < 1.29 is 4.79 Å². The normalized spacial score (nSPS) is 20.2. The first kappa shape index (κ1) is 22.9. The Morgan fingerprint density at radius 2 is 1.57 bits per heavy atom. The molecule has 0 saturated carbocycles. The van der Waals surface area contributed by atoms with Crippen molar-refractivity contribution in [1.29, 1.82) is 0 Å². The molecule has 0 aromatic rings.